The van der Waals surface area contributed by atoms with Gasteiger partial charge >= 0.3 is 0 Å². The number of nitrogens with two attached hydrogens (primary N) is 1. The SMILES string of the molecule is Nc1cc(-c2nc(-c3ccccc3)[nH]c2-c2ccncc2)ccn1. The van der Waals surface area contributed by atoms with Crippen molar-refractivity contribution in [2.24, 2.45) is 0 Å². The van der Waals surface area contributed by atoms with Gasteiger partial charge in [-0.25, -0.2) is 9.97 Å². The first kappa shape index (κ1) is 14.1. The molecule has 0 spiro atoms. The molecule has 24 heavy (non-hydrogen) atoms. The Balaban J connectivity index is 1.92. The minimum atomic E-state index is 0.470. The standard InChI is InChI=1S/C19H15N5/c20-16-12-15(8-11-22-16)18-17(13-6-9-21-10-7-13)23-19(24-18)14-4-2-1-3-5-14/h1-12H,(H2,20,22)(H,23,24). The largest absolute Gasteiger partial charge is 0.384 e. The van der Waals surface area contributed by atoms with Crippen LogP contribution in [0, 0.1) is 0 Å². The molecule has 3 N–H and O–H groups in total. The molecular formula is C19H15N5. The fraction of sp³-hybridized carbons (Fsp3) is 0. The van der Waals surface area contributed by atoms with E-state index in [1.807, 2.05) is 54.6 Å². The molecule has 0 saturated carbocycles. The summed E-state index contributed by atoms with van der Waals surface area (Å²) in [5.74, 6) is 1.28. The lowest BCUT2D eigenvalue weighted by atomic mass is 10.1. The molecule has 4 rings (SSSR count). The van der Waals surface area contributed by atoms with Gasteiger partial charge in [-0.2, -0.15) is 0 Å². The van der Waals surface area contributed by atoms with Crippen LogP contribution < -0.4 is 5.73 Å². The van der Waals surface area contributed by atoms with Crippen LogP contribution in [0.3, 0.4) is 0 Å². The highest BCUT2D eigenvalue weighted by atomic mass is 14.9. The third-order valence-corrected chi connectivity index (χ3v) is 3.77. The predicted molar refractivity (Wildman–Crippen MR) is 94.9 cm³/mol. The lowest BCUT2D eigenvalue weighted by molar-refractivity contribution is 1.29. The van der Waals surface area contributed by atoms with Gasteiger partial charge < -0.3 is 10.7 Å². The van der Waals surface area contributed by atoms with E-state index in [9.17, 15) is 0 Å². The number of aromatic amines is 1. The van der Waals surface area contributed by atoms with Gasteiger partial charge in [-0.15, -0.1) is 0 Å². The van der Waals surface area contributed by atoms with Crippen molar-refractivity contribution < 1.29 is 0 Å². The average Bonchev–Trinajstić information content (AvgIpc) is 3.09. The predicted octanol–water partition coefficient (Wildman–Crippen LogP) is 3.78. The smallest absolute Gasteiger partial charge is 0.138 e. The van der Waals surface area contributed by atoms with E-state index in [1.54, 1.807) is 18.6 Å². The Hall–Kier alpha value is -3.47. The Labute approximate surface area is 139 Å². The van der Waals surface area contributed by atoms with Crippen molar-refractivity contribution >= 4 is 5.82 Å². The maximum Gasteiger partial charge on any atom is 0.138 e. The van der Waals surface area contributed by atoms with E-state index < -0.39 is 0 Å². The Morgan fingerprint density at radius 2 is 1.54 bits per heavy atom. The number of hydrogen-bond donors (Lipinski definition) is 2. The number of benzene rings is 1. The van der Waals surface area contributed by atoms with Gasteiger partial charge in [0.2, 0.25) is 0 Å². The van der Waals surface area contributed by atoms with Gasteiger partial charge in [-0.05, 0) is 24.3 Å². The molecule has 5 heteroatoms. The Bertz CT molecular complexity index is 961. The van der Waals surface area contributed by atoms with Gasteiger partial charge in [0.1, 0.15) is 11.6 Å². The number of pyridine rings is 2. The van der Waals surface area contributed by atoms with Crippen molar-refractivity contribution in [2.45, 2.75) is 0 Å². The van der Waals surface area contributed by atoms with Crippen LogP contribution in [-0.4, -0.2) is 19.9 Å². The molecule has 0 radical (unpaired) electrons. The molecule has 0 unspecified atom stereocenters. The molecule has 0 aliphatic rings. The normalized spacial score (nSPS) is 10.7. The second kappa shape index (κ2) is 5.96. The fourth-order valence-corrected chi connectivity index (χ4v) is 2.64. The second-order valence-electron chi connectivity index (χ2n) is 5.38. The van der Waals surface area contributed by atoms with Crippen molar-refractivity contribution in [1.82, 2.24) is 19.9 Å². The number of hydrogen-bond acceptors (Lipinski definition) is 4. The summed E-state index contributed by atoms with van der Waals surface area (Å²) in [4.78, 5) is 16.4. The Morgan fingerprint density at radius 3 is 2.29 bits per heavy atom. The molecular weight excluding hydrogens is 298 g/mol. The van der Waals surface area contributed by atoms with Crippen LogP contribution in [0.15, 0.2) is 73.2 Å². The third-order valence-electron chi connectivity index (χ3n) is 3.77. The maximum absolute atomic E-state index is 5.84. The number of aromatic nitrogens is 4. The number of nitrogens with one attached hydrogen (secondary N) is 1. The van der Waals surface area contributed by atoms with Gasteiger partial charge in [0, 0.05) is 35.3 Å². The zero-order valence-corrected chi connectivity index (χ0v) is 12.8. The van der Waals surface area contributed by atoms with E-state index in [4.69, 9.17) is 10.7 Å². The van der Waals surface area contributed by atoms with Gasteiger partial charge in [0.25, 0.3) is 0 Å². The van der Waals surface area contributed by atoms with Crippen LogP contribution in [0.4, 0.5) is 5.82 Å². The zero-order chi connectivity index (χ0) is 16.4. The molecule has 0 aliphatic carbocycles. The third kappa shape index (κ3) is 2.63. The van der Waals surface area contributed by atoms with Crippen molar-refractivity contribution in [3.8, 4) is 33.9 Å². The summed E-state index contributed by atoms with van der Waals surface area (Å²) in [6.45, 7) is 0. The quantitative estimate of drug-likeness (QED) is 0.603. The summed E-state index contributed by atoms with van der Waals surface area (Å²) in [5.41, 5.74) is 10.6. The monoisotopic (exact) mass is 313 g/mol. The minimum Gasteiger partial charge on any atom is -0.384 e. The van der Waals surface area contributed by atoms with E-state index in [0.29, 0.717) is 5.82 Å². The molecule has 0 fully saturated rings. The molecule has 4 aromatic rings. The number of rotatable bonds is 3. The Kier molecular flexibility index (Phi) is 3.51. The van der Waals surface area contributed by atoms with Gasteiger partial charge in [-0.1, -0.05) is 30.3 Å². The molecule has 3 heterocycles. The molecule has 116 valence electrons. The highest BCUT2D eigenvalue weighted by Crippen LogP contribution is 2.32. The van der Waals surface area contributed by atoms with Gasteiger partial charge in [-0.3, -0.25) is 4.98 Å². The number of imidazole rings is 1. The second-order valence-corrected chi connectivity index (χ2v) is 5.38. The summed E-state index contributed by atoms with van der Waals surface area (Å²) in [7, 11) is 0. The van der Waals surface area contributed by atoms with Crippen molar-refractivity contribution in [1.29, 1.82) is 0 Å². The number of anilines is 1. The maximum atomic E-state index is 5.84. The number of H-pyrrole nitrogens is 1. The molecule has 3 aromatic heterocycles. The van der Waals surface area contributed by atoms with Gasteiger partial charge in [0.05, 0.1) is 11.4 Å². The van der Waals surface area contributed by atoms with E-state index in [2.05, 4.69) is 15.0 Å². The van der Waals surface area contributed by atoms with Crippen LogP contribution in [0.2, 0.25) is 0 Å². The highest BCUT2D eigenvalue weighted by molar-refractivity contribution is 5.81. The number of nitrogens with zero attached hydrogens (tertiary/aromatic N) is 3. The zero-order valence-electron chi connectivity index (χ0n) is 12.8. The summed E-state index contributed by atoms with van der Waals surface area (Å²) >= 11 is 0. The topological polar surface area (TPSA) is 80.5 Å². The van der Waals surface area contributed by atoms with Gasteiger partial charge in [0.15, 0.2) is 0 Å². The summed E-state index contributed by atoms with van der Waals surface area (Å²) in [6.07, 6.45) is 5.23. The highest BCUT2D eigenvalue weighted by Gasteiger charge is 2.15. The summed E-state index contributed by atoms with van der Waals surface area (Å²) in [5, 5.41) is 0. The molecule has 0 atom stereocenters. The Morgan fingerprint density at radius 1 is 0.792 bits per heavy atom. The molecule has 5 nitrogen and oxygen atoms in total. The first-order valence-corrected chi connectivity index (χ1v) is 7.59. The molecule has 1 aromatic carbocycles. The van der Waals surface area contributed by atoms with E-state index in [-0.39, 0.29) is 0 Å². The number of nitrogen functional groups attached to an aromatic ring is 1. The van der Waals surface area contributed by atoms with E-state index in [0.717, 1.165) is 33.9 Å². The van der Waals surface area contributed by atoms with Crippen molar-refractivity contribution in [2.75, 3.05) is 5.73 Å². The fourth-order valence-electron chi connectivity index (χ4n) is 2.64. The minimum absolute atomic E-state index is 0.470. The first-order chi connectivity index (χ1) is 11.8. The summed E-state index contributed by atoms with van der Waals surface area (Å²) in [6, 6.07) is 17.7. The van der Waals surface area contributed by atoms with E-state index in [1.165, 1.54) is 0 Å². The van der Waals surface area contributed by atoms with Crippen LogP contribution in [-0.2, 0) is 0 Å². The molecule has 0 saturated heterocycles. The molecule has 0 amide bonds. The summed E-state index contributed by atoms with van der Waals surface area (Å²) < 4.78 is 0. The van der Waals surface area contributed by atoms with Crippen LogP contribution >= 0.6 is 0 Å². The van der Waals surface area contributed by atoms with Crippen molar-refractivity contribution in [3.05, 3.63) is 73.2 Å². The lowest BCUT2D eigenvalue weighted by Crippen LogP contribution is -1.90. The molecule has 0 bridgehead atoms. The van der Waals surface area contributed by atoms with Crippen LogP contribution in [0.25, 0.3) is 33.9 Å². The van der Waals surface area contributed by atoms with Crippen molar-refractivity contribution in [3.63, 3.8) is 0 Å². The average molecular weight is 313 g/mol. The first-order valence-electron chi connectivity index (χ1n) is 7.59. The molecule has 0 aliphatic heterocycles. The lowest BCUT2D eigenvalue weighted by Gasteiger charge is -2.03. The van der Waals surface area contributed by atoms with Crippen LogP contribution in [0.1, 0.15) is 0 Å². The van der Waals surface area contributed by atoms with Crippen LogP contribution in [0.5, 0.6) is 0 Å². The van der Waals surface area contributed by atoms with E-state index >= 15 is 0 Å².